The standard InChI is InChI=1S/C16H25N3O3/c1-16(2,3)22-15(20)19-7-5-11(6-8-19)13-9-14(21-4)12(17)10-18-13/h9-11H,5-8,17H2,1-4H3. The van der Waals surface area contributed by atoms with E-state index >= 15 is 0 Å². The van der Waals surface area contributed by atoms with Gasteiger partial charge in [-0.05, 0) is 33.6 Å². The summed E-state index contributed by atoms with van der Waals surface area (Å²) in [5.41, 5.74) is 6.84. The first-order valence-corrected chi connectivity index (χ1v) is 7.57. The van der Waals surface area contributed by atoms with Gasteiger partial charge in [0.1, 0.15) is 11.4 Å². The molecule has 1 fully saturated rings. The molecule has 2 heterocycles. The van der Waals surface area contributed by atoms with Gasteiger partial charge in [0.25, 0.3) is 0 Å². The molecule has 0 saturated carbocycles. The Balaban J connectivity index is 1.96. The zero-order valence-corrected chi connectivity index (χ0v) is 13.8. The molecule has 2 rings (SSSR count). The van der Waals surface area contributed by atoms with Gasteiger partial charge in [-0.25, -0.2) is 4.79 Å². The van der Waals surface area contributed by atoms with E-state index in [0.717, 1.165) is 18.5 Å². The molecule has 0 bridgehead atoms. The number of nitrogen functional groups attached to an aromatic ring is 1. The van der Waals surface area contributed by atoms with Crippen molar-refractivity contribution >= 4 is 11.8 Å². The molecule has 1 aromatic rings. The summed E-state index contributed by atoms with van der Waals surface area (Å²) in [6.07, 6.45) is 3.11. The number of hydrogen-bond donors (Lipinski definition) is 1. The Bertz CT molecular complexity index is 532. The molecule has 0 aromatic carbocycles. The van der Waals surface area contributed by atoms with Gasteiger partial charge in [0.15, 0.2) is 0 Å². The molecule has 22 heavy (non-hydrogen) atoms. The van der Waals surface area contributed by atoms with Crippen LogP contribution in [0.2, 0.25) is 0 Å². The van der Waals surface area contributed by atoms with Crippen molar-refractivity contribution in [2.24, 2.45) is 0 Å². The Morgan fingerprint density at radius 3 is 2.55 bits per heavy atom. The fourth-order valence-electron chi connectivity index (χ4n) is 2.55. The van der Waals surface area contributed by atoms with Crippen LogP contribution in [0.1, 0.15) is 45.2 Å². The van der Waals surface area contributed by atoms with Crippen LogP contribution in [0.3, 0.4) is 0 Å². The molecule has 2 N–H and O–H groups in total. The number of ether oxygens (including phenoxy) is 2. The van der Waals surface area contributed by atoms with Crippen LogP contribution in [0.4, 0.5) is 10.5 Å². The average molecular weight is 307 g/mol. The number of piperidine rings is 1. The van der Waals surface area contributed by atoms with Gasteiger partial charge in [-0.2, -0.15) is 0 Å². The zero-order chi connectivity index (χ0) is 16.3. The lowest BCUT2D eigenvalue weighted by Crippen LogP contribution is -2.41. The van der Waals surface area contributed by atoms with Gasteiger partial charge in [-0.15, -0.1) is 0 Å². The molecule has 1 aliphatic heterocycles. The van der Waals surface area contributed by atoms with Crippen molar-refractivity contribution in [1.29, 1.82) is 0 Å². The monoisotopic (exact) mass is 307 g/mol. The van der Waals surface area contributed by atoms with E-state index in [9.17, 15) is 4.79 Å². The molecule has 0 atom stereocenters. The lowest BCUT2D eigenvalue weighted by Gasteiger charge is -2.33. The second kappa shape index (κ2) is 6.42. The van der Waals surface area contributed by atoms with Crippen molar-refractivity contribution in [2.45, 2.75) is 45.1 Å². The van der Waals surface area contributed by atoms with Crippen LogP contribution >= 0.6 is 0 Å². The van der Waals surface area contributed by atoms with E-state index in [2.05, 4.69) is 4.98 Å². The molecule has 6 nitrogen and oxygen atoms in total. The first kappa shape index (κ1) is 16.4. The molecule has 0 unspecified atom stereocenters. The maximum absolute atomic E-state index is 12.1. The van der Waals surface area contributed by atoms with E-state index in [1.54, 1.807) is 18.2 Å². The molecular formula is C16H25N3O3. The van der Waals surface area contributed by atoms with E-state index in [-0.39, 0.29) is 6.09 Å². The first-order chi connectivity index (χ1) is 10.3. The van der Waals surface area contributed by atoms with Crippen molar-refractivity contribution < 1.29 is 14.3 Å². The van der Waals surface area contributed by atoms with Crippen molar-refractivity contribution in [3.63, 3.8) is 0 Å². The van der Waals surface area contributed by atoms with Crippen LogP contribution in [-0.4, -0.2) is 41.8 Å². The number of anilines is 1. The maximum Gasteiger partial charge on any atom is 0.410 e. The minimum absolute atomic E-state index is 0.242. The number of likely N-dealkylation sites (tertiary alicyclic amines) is 1. The van der Waals surface area contributed by atoms with Gasteiger partial charge in [-0.1, -0.05) is 0 Å². The fraction of sp³-hybridized carbons (Fsp3) is 0.625. The van der Waals surface area contributed by atoms with Crippen molar-refractivity contribution in [2.75, 3.05) is 25.9 Å². The highest BCUT2D eigenvalue weighted by Crippen LogP contribution is 2.31. The smallest absolute Gasteiger partial charge is 0.410 e. The van der Waals surface area contributed by atoms with E-state index in [1.165, 1.54) is 0 Å². The number of pyridine rings is 1. The van der Waals surface area contributed by atoms with Crippen LogP contribution in [0.25, 0.3) is 0 Å². The largest absolute Gasteiger partial charge is 0.494 e. The number of aromatic nitrogens is 1. The molecule has 0 spiro atoms. The second-order valence-electron chi connectivity index (χ2n) is 6.59. The Labute approximate surface area is 131 Å². The molecular weight excluding hydrogens is 282 g/mol. The van der Waals surface area contributed by atoms with E-state index in [4.69, 9.17) is 15.2 Å². The zero-order valence-electron chi connectivity index (χ0n) is 13.8. The normalized spacial score (nSPS) is 16.5. The number of rotatable bonds is 2. The quantitative estimate of drug-likeness (QED) is 0.909. The molecule has 1 aromatic heterocycles. The number of amides is 1. The fourth-order valence-corrected chi connectivity index (χ4v) is 2.55. The summed E-state index contributed by atoms with van der Waals surface area (Å²) in [5, 5.41) is 0. The SMILES string of the molecule is COc1cc(C2CCN(C(=O)OC(C)(C)C)CC2)ncc1N. The summed E-state index contributed by atoms with van der Waals surface area (Å²) >= 11 is 0. The van der Waals surface area contributed by atoms with Crippen LogP contribution < -0.4 is 10.5 Å². The number of carbonyl (C=O) groups excluding carboxylic acids is 1. The van der Waals surface area contributed by atoms with E-state index < -0.39 is 5.60 Å². The number of hydrogen-bond acceptors (Lipinski definition) is 5. The van der Waals surface area contributed by atoms with Crippen molar-refractivity contribution in [3.05, 3.63) is 18.0 Å². The lowest BCUT2D eigenvalue weighted by molar-refractivity contribution is 0.0204. The minimum atomic E-state index is -0.459. The van der Waals surface area contributed by atoms with Crippen molar-refractivity contribution in [1.82, 2.24) is 9.88 Å². The summed E-state index contributed by atoms with van der Waals surface area (Å²) in [5.74, 6) is 0.966. The maximum atomic E-state index is 12.1. The van der Waals surface area contributed by atoms with Crippen LogP contribution in [0.15, 0.2) is 12.3 Å². The Morgan fingerprint density at radius 1 is 1.36 bits per heavy atom. The number of nitrogens with zero attached hydrogens (tertiary/aromatic N) is 2. The Morgan fingerprint density at radius 2 is 2.00 bits per heavy atom. The third kappa shape index (κ3) is 4.02. The molecule has 0 radical (unpaired) electrons. The summed E-state index contributed by atoms with van der Waals surface area (Å²) in [6.45, 7) is 6.98. The third-order valence-corrected chi connectivity index (χ3v) is 3.70. The van der Waals surface area contributed by atoms with E-state index in [1.807, 2.05) is 26.8 Å². The molecule has 1 amide bonds. The second-order valence-corrected chi connectivity index (χ2v) is 6.59. The minimum Gasteiger partial charge on any atom is -0.494 e. The first-order valence-electron chi connectivity index (χ1n) is 7.57. The predicted molar refractivity (Wildman–Crippen MR) is 85.0 cm³/mol. The highest BCUT2D eigenvalue weighted by Gasteiger charge is 2.28. The lowest BCUT2D eigenvalue weighted by atomic mass is 9.93. The summed E-state index contributed by atoms with van der Waals surface area (Å²) < 4.78 is 10.6. The third-order valence-electron chi connectivity index (χ3n) is 3.70. The average Bonchev–Trinajstić information content (AvgIpc) is 2.46. The van der Waals surface area contributed by atoms with Crippen LogP contribution in [0, 0.1) is 0 Å². The number of nitrogens with two attached hydrogens (primary N) is 1. The molecule has 6 heteroatoms. The Hall–Kier alpha value is -1.98. The van der Waals surface area contributed by atoms with E-state index in [0.29, 0.717) is 30.4 Å². The van der Waals surface area contributed by atoms with Gasteiger partial charge < -0.3 is 20.1 Å². The van der Waals surface area contributed by atoms with Gasteiger partial charge in [0.05, 0.1) is 19.0 Å². The van der Waals surface area contributed by atoms with Crippen LogP contribution in [0.5, 0.6) is 5.75 Å². The van der Waals surface area contributed by atoms with Gasteiger partial charge in [0, 0.05) is 30.8 Å². The Kier molecular flexibility index (Phi) is 4.78. The summed E-state index contributed by atoms with van der Waals surface area (Å²) in [4.78, 5) is 18.2. The summed E-state index contributed by atoms with van der Waals surface area (Å²) in [7, 11) is 1.60. The topological polar surface area (TPSA) is 77.7 Å². The van der Waals surface area contributed by atoms with Crippen LogP contribution in [-0.2, 0) is 4.74 Å². The molecule has 122 valence electrons. The van der Waals surface area contributed by atoms with Crippen molar-refractivity contribution in [3.8, 4) is 5.75 Å². The summed E-state index contributed by atoms with van der Waals surface area (Å²) in [6, 6.07) is 1.89. The molecule has 1 aliphatic rings. The molecule has 0 aliphatic carbocycles. The van der Waals surface area contributed by atoms with Gasteiger partial charge >= 0.3 is 6.09 Å². The predicted octanol–water partition coefficient (Wildman–Crippen LogP) is 2.79. The number of methoxy groups -OCH3 is 1. The van der Waals surface area contributed by atoms with Gasteiger partial charge in [-0.3, -0.25) is 4.98 Å². The molecule has 1 saturated heterocycles. The highest BCUT2D eigenvalue weighted by atomic mass is 16.6. The highest BCUT2D eigenvalue weighted by molar-refractivity contribution is 5.68. The number of carbonyl (C=O) groups is 1. The van der Waals surface area contributed by atoms with Gasteiger partial charge in [0.2, 0.25) is 0 Å².